The van der Waals surface area contributed by atoms with Gasteiger partial charge in [0.1, 0.15) is 17.3 Å². The molecule has 4 nitrogen and oxygen atoms in total. The molecule has 2 N–H and O–H groups in total. The molecule has 0 aliphatic heterocycles. The Labute approximate surface area is 101 Å². The molecule has 0 saturated carbocycles. The number of aryl methyl sites for hydroxylation is 1. The van der Waals surface area contributed by atoms with Gasteiger partial charge in [0.05, 0.1) is 19.4 Å². The highest BCUT2D eigenvalue weighted by Crippen LogP contribution is 2.14. The van der Waals surface area contributed by atoms with Crippen molar-refractivity contribution in [3.05, 3.63) is 47.3 Å². The maximum absolute atomic E-state index is 5.60. The summed E-state index contributed by atoms with van der Waals surface area (Å²) >= 11 is 0. The van der Waals surface area contributed by atoms with Crippen molar-refractivity contribution in [3.63, 3.8) is 0 Å². The lowest BCUT2D eigenvalue weighted by Gasteiger charge is -2.14. The van der Waals surface area contributed by atoms with Crippen LogP contribution in [0.1, 0.15) is 22.8 Å². The predicted octanol–water partition coefficient (Wildman–Crippen LogP) is 2.27. The van der Waals surface area contributed by atoms with Crippen LogP contribution in [0.25, 0.3) is 0 Å². The summed E-state index contributed by atoms with van der Waals surface area (Å²) in [5, 5.41) is 0. The molecule has 0 spiro atoms. The average molecular weight is 234 g/mol. The van der Waals surface area contributed by atoms with Crippen molar-refractivity contribution in [2.75, 3.05) is 7.05 Å². The molecule has 0 unspecified atom stereocenters. The lowest BCUT2D eigenvalue weighted by atomic mass is 10.2. The van der Waals surface area contributed by atoms with Gasteiger partial charge in [-0.1, -0.05) is 0 Å². The van der Waals surface area contributed by atoms with E-state index in [1.807, 2.05) is 32.2 Å². The Hall–Kier alpha value is -1.52. The summed E-state index contributed by atoms with van der Waals surface area (Å²) in [7, 11) is 2.05. The largest absolute Gasteiger partial charge is 0.468 e. The zero-order valence-corrected chi connectivity index (χ0v) is 10.3. The van der Waals surface area contributed by atoms with E-state index in [1.54, 1.807) is 6.26 Å². The molecule has 17 heavy (non-hydrogen) atoms. The van der Waals surface area contributed by atoms with Crippen molar-refractivity contribution < 1.29 is 8.83 Å². The minimum atomic E-state index is 0.441. The molecule has 2 aromatic rings. The molecule has 0 bridgehead atoms. The number of hydrogen-bond acceptors (Lipinski definition) is 4. The minimum Gasteiger partial charge on any atom is -0.468 e. The van der Waals surface area contributed by atoms with Crippen LogP contribution in [-0.4, -0.2) is 11.9 Å². The molecule has 0 aliphatic rings. The van der Waals surface area contributed by atoms with Gasteiger partial charge in [0.2, 0.25) is 0 Å². The van der Waals surface area contributed by atoms with Crippen LogP contribution in [0.4, 0.5) is 0 Å². The van der Waals surface area contributed by atoms with Gasteiger partial charge in [-0.3, -0.25) is 4.90 Å². The van der Waals surface area contributed by atoms with Crippen LogP contribution in [-0.2, 0) is 19.6 Å². The van der Waals surface area contributed by atoms with Crippen LogP contribution >= 0.6 is 0 Å². The summed E-state index contributed by atoms with van der Waals surface area (Å²) in [6.07, 6.45) is 1.68. The van der Waals surface area contributed by atoms with Crippen molar-refractivity contribution in [1.82, 2.24) is 4.90 Å². The zero-order valence-electron chi connectivity index (χ0n) is 10.3. The third kappa shape index (κ3) is 2.99. The second-order valence-electron chi connectivity index (χ2n) is 4.26. The van der Waals surface area contributed by atoms with Crippen LogP contribution in [0.2, 0.25) is 0 Å². The zero-order chi connectivity index (χ0) is 12.3. The molecule has 2 heterocycles. The lowest BCUT2D eigenvalue weighted by molar-refractivity contribution is 0.283. The molecular formula is C13H18N2O2. The van der Waals surface area contributed by atoms with Gasteiger partial charge in [-0.15, -0.1) is 0 Å². The Morgan fingerprint density at radius 1 is 1.24 bits per heavy atom. The summed E-state index contributed by atoms with van der Waals surface area (Å²) in [4.78, 5) is 2.17. The maximum atomic E-state index is 5.60. The molecule has 92 valence electrons. The first-order valence-corrected chi connectivity index (χ1v) is 5.68. The van der Waals surface area contributed by atoms with Crippen LogP contribution in [0.15, 0.2) is 33.3 Å². The van der Waals surface area contributed by atoms with Crippen molar-refractivity contribution in [2.45, 2.75) is 26.6 Å². The molecule has 0 amide bonds. The molecule has 2 aromatic heterocycles. The fourth-order valence-corrected chi connectivity index (χ4v) is 1.87. The molecule has 0 aromatic carbocycles. The van der Waals surface area contributed by atoms with Crippen molar-refractivity contribution in [3.8, 4) is 0 Å². The highest BCUT2D eigenvalue weighted by Gasteiger charge is 2.09. The molecule has 4 heteroatoms. The van der Waals surface area contributed by atoms with Crippen LogP contribution < -0.4 is 5.73 Å². The van der Waals surface area contributed by atoms with E-state index < -0.39 is 0 Å². The second-order valence-corrected chi connectivity index (χ2v) is 4.26. The van der Waals surface area contributed by atoms with E-state index in [9.17, 15) is 0 Å². The standard InChI is InChI=1S/C13H18N2O2/c1-10-3-4-12(17-10)9-15(2)8-11-5-6-16-13(11)7-14/h3-6H,7-9,14H2,1-2H3. The van der Waals surface area contributed by atoms with E-state index in [4.69, 9.17) is 14.6 Å². The number of nitrogens with two attached hydrogens (primary N) is 1. The minimum absolute atomic E-state index is 0.441. The summed E-state index contributed by atoms with van der Waals surface area (Å²) in [6.45, 7) is 3.98. The third-order valence-corrected chi connectivity index (χ3v) is 2.69. The quantitative estimate of drug-likeness (QED) is 0.862. The number of furan rings is 2. The summed E-state index contributed by atoms with van der Waals surface area (Å²) < 4.78 is 10.8. The van der Waals surface area contributed by atoms with Gasteiger partial charge >= 0.3 is 0 Å². The van der Waals surface area contributed by atoms with E-state index in [2.05, 4.69) is 4.90 Å². The number of rotatable bonds is 5. The van der Waals surface area contributed by atoms with E-state index >= 15 is 0 Å². The van der Waals surface area contributed by atoms with Gasteiger partial charge < -0.3 is 14.6 Å². The SMILES string of the molecule is Cc1ccc(CN(C)Cc2ccoc2CN)o1. The van der Waals surface area contributed by atoms with Gasteiger partial charge in [0.15, 0.2) is 0 Å². The van der Waals surface area contributed by atoms with E-state index in [0.29, 0.717) is 6.54 Å². The van der Waals surface area contributed by atoms with Gasteiger partial charge in [0, 0.05) is 12.1 Å². The van der Waals surface area contributed by atoms with Gasteiger partial charge in [-0.2, -0.15) is 0 Å². The highest BCUT2D eigenvalue weighted by molar-refractivity contribution is 5.16. The van der Waals surface area contributed by atoms with Crippen LogP contribution in [0.5, 0.6) is 0 Å². The Kier molecular flexibility index (Phi) is 3.66. The Morgan fingerprint density at radius 2 is 2.06 bits per heavy atom. The summed E-state index contributed by atoms with van der Waals surface area (Å²) in [5.74, 6) is 2.77. The Morgan fingerprint density at radius 3 is 2.71 bits per heavy atom. The van der Waals surface area contributed by atoms with Gasteiger partial charge in [-0.05, 0) is 32.2 Å². The molecule has 2 rings (SSSR count). The van der Waals surface area contributed by atoms with E-state index in [-0.39, 0.29) is 0 Å². The molecule has 0 radical (unpaired) electrons. The third-order valence-electron chi connectivity index (χ3n) is 2.69. The highest BCUT2D eigenvalue weighted by atomic mass is 16.3. The van der Waals surface area contributed by atoms with Crippen molar-refractivity contribution >= 4 is 0 Å². The smallest absolute Gasteiger partial charge is 0.121 e. The average Bonchev–Trinajstić information content (AvgIpc) is 2.87. The van der Waals surface area contributed by atoms with Crippen molar-refractivity contribution in [1.29, 1.82) is 0 Å². The number of hydrogen-bond donors (Lipinski definition) is 1. The first-order valence-electron chi connectivity index (χ1n) is 5.68. The van der Waals surface area contributed by atoms with Crippen LogP contribution in [0, 0.1) is 6.92 Å². The summed E-state index contributed by atoms with van der Waals surface area (Å²) in [5.41, 5.74) is 6.73. The maximum Gasteiger partial charge on any atom is 0.121 e. The van der Waals surface area contributed by atoms with Crippen LogP contribution in [0.3, 0.4) is 0 Å². The van der Waals surface area contributed by atoms with Crippen molar-refractivity contribution in [2.24, 2.45) is 5.73 Å². The lowest BCUT2D eigenvalue weighted by Crippen LogP contribution is -2.17. The molecule has 0 aliphatic carbocycles. The normalized spacial score (nSPS) is 11.3. The first-order chi connectivity index (χ1) is 8.19. The first kappa shape index (κ1) is 12.0. The monoisotopic (exact) mass is 234 g/mol. The van der Waals surface area contributed by atoms with E-state index in [0.717, 1.165) is 35.9 Å². The Balaban J connectivity index is 1.95. The number of nitrogens with zero attached hydrogens (tertiary/aromatic N) is 1. The predicted molar refractivity (Wildman–Crippen MR) is 65.2 cm³/mol. The molecular weight excluding hydrogens is 216 g/mol. The topological polar surface area (TPSA) is 55.5 Å². The molecule has 0 fully saturated rings. The van der Waals surface area contributed by atoms with E-state index in [1.165, 1.54) is 0 Å². The molecule has 0 atom stereocenters. The Bertz CT molecular complexity index is 473. The fraction of sp³-hybridized carbons (Fsp3) is 0.385. The molecule has 0 saturated heterocycles. The summed E-state index contributed by atoms with van der Waals surface area (Å²) in [6, 6.07) is 5.95. The fourth-order valence-electron chi connectivity index (χ4n) is 1.87. The van der Waals surface area contributed by atoms with Gasteiger partial charge in [0.25, 0.3) is 0 Å². The van der Waals surface area contributed by atoms with Gasteiger partial charge in [-0.25, -0.2) is 0 Å². The second kappa shape index (κ2) is 5.21.